The van der Waals surface area contributed by atoms with Crippen molar-refractivity contribution in [3.05, 3.63) is 84.2 Å². The van der Waals surface area contributed by atoms with Crippen molar-refractivity contribution in [1.82, 2.24) is 14.3 Å². The summed E-state index contributed by atoms with van der Waals surface area (Å²) in [4.78, 5) is 4.77. The zero-order chi connectivity index (χ0) is 22.6. The summed E-state index contributed by atoms with van der Waals surface area (Å²) in [6.45, 7) is 0.762. The van der Waals surface area contributed by atoms with E-state index in [0.717, 1.165) is 17.5 Å². The van der Waals surface area contributed by atoms with Crippen LogP contribution in [0.1, 0.15) is 11.4 Å². The van der Waals surface area contributed by atoms with Gasteiger partial charge in [-0.15, -0.1) is 0 Å². The summed E-state index contributed by atoms with van der Waals surface area (Å²) in [5.74, 6) is 1.48. The molecule has 7 nitrogen and oxygen atoms in total. The van der Waals surface area contributed by atoms with E-state index >= 15 is 0 Å². The fraction of sp³-hybridized carbons (Fsp3) is 0.208. The Kier molecular flexibility index (Phi) is 6.43. The van der Waals surface area contributed by atoms with Gasteiger partial charge >= 0.3 is 0 Å². The van der Waals surface area contributed by atoms with E-state index in [-0.39, 0.29) is 11.4 Å². The quantitative estimate of drug-likeness (QED) is 0.419. The number of nitrogens with one attached hydrogen (secondary N) is 1. The molecule has 0 atom stereocenters. The lowest BCUT2D eigenvalue weighted by Crippen LogP contribution is -2.25. The molecule has 0 unspecified atom stereocenters. The highest BCUT2D eigenvalue weighted by atomic mass is 32.2. The van der Waals surface area contributed by atoms with E-state index in [4.69, 9.17) is 9.47 Å². The van der Waals surface area contributed by atoms with Crippen molar-refractivity contribution in [3.8, 4) is 11.5 Å². The third kappa shape index (κ3) is 4.61. The Balaban J connectivity index is 1.58. The normalized spacial score (nSPS) is 11.6. The fourth-order valence-corrected chi connectivity index (χ4v) is 4.62. The van der Waals surface area contributed by atoms with Crippen LogP contribution in [0.25, 0.3) is 11.0 Å². The molecule has 0 spiro atoms. The first-order valence-corrected chi connectivity index (χ1v) is 11.7. The lowest BCUT2D eigenvalue weighted by atomic mass is 10.1. The van der Waals surface area contributed by atoms with Gasteiger partial charge < -0.3 is 14.0 Å². The molecule has 1 aromatic heterocycles. The number of sulfonamides is 1. The fourth-order valence-electron chi connectivity index (χ4n) is 3.62. The van der Waals surface area contributed by atoms with Gasteiger partial charge in [-0.05, 0) is 36.2 Å². The number of aromatic nitrogens is 2. The second kappa shape index (κ2) is 9.42. The molecular formula is C24H25N3O4S. The number of hydrogen-bond acceptors (Lipinski definition) is 5. The van der Waals surface area contributed by atoms with Crippen LogP contribution in [0, 0.1) is 0 Å². The Labute approximate surface area is 187 Å². The van der Waals surface area contributed by atoms with E-state index in [1.54, 1.807) is 6.07 Å². The van der Waals surface area contributed by atoms with E-state index < -0.39 is 10.0 Å². The lowest BCUT2D eigenvalue weighted by molar-refractivity contribution is 0.354. The van der Waals surface area contributed by atoms with Gasteiger partial charge in [0, 0.05) is 12.6 Å². The number of benzene rings is 3. The monoisotopic (exact) mass is 451 g/mol. The Hall–Kier alpha value is -3.36. The first kappa shape index (κ1) is 21.9. The van der Waals surface area contributed by atoms with Gasteiger partial charge in [0.05, 0.1) is 36.7 Å². The molecule has 1 heterocycles. The van der Waals surface area contributed by atoms with Crippen LogP contribution in [-0.4, -0.2) is 32.2 Å². The summed E-state index contributed by atoms with van der Waals surface area (Å²) in [5, 5.41) is 0. The molecule has 4 rings (SSSR count). The smallest absolute Gasteiger partial charge is 0.241 e. The van der Waals surface area contributed by atoms with Gasteiger partial charge in [0.15, 0.2) is 11.5 Å². The Morgan fingerprint density at radius 3 is 2.38 bits per heavy atom. The van der Waals surface area contributed by atoms with Crippen LogP contribution in [0.5, 0.6) is 11.5 Å². The minimum Gasteiger partial charge on any atom is -0.493 e. The molecule has 1 N–H and O–H groups in total. The molecule has 166 valence electrons. The molecule has 0 fully saturated rings. The van der Waals surface area contributed by atoms with Crippen molar-refractivity contribution in [3.63, 3.8) is 0 Å². The summed E-state index contributed by atoms with van der Waals surface area (Å²) in [5.41, 5.74) is 3.02. The number of nitrogens with zero attached hydrogens (tertiary/aromatic N) is 2. The third-order valence-corrected chi connectivity index (χ3v) is 6.69. The Morgan fingerprint density at radius 1 is 0.906 bits per heavy atom. The van der Waals surface area contributed by atoms with Gasteiger partial charge in [-0.1, -0.05) is 42.5 Å². The van der Waals surface area contributed by atoms with Crippen molar-refractivity contribution in [2.75, 3.05) is 14.2 Å². The van der Waals surface area contributed by atoms with Crippen molar-refractivity contribution in [2.24, 2.45) is 0 Å². The maximum Gasteiger partial charge on any atom is 0.241 e. The molecule has 0 saturated heterocycles. The molecule has 0 aliphatic heterocycles. The molecule has 3 aromatic carbocycles. The van der Waals surface area contributed by atoms with Crippen molar-refractivity contribution >= 4 is 21.1 Å². The van der Waals surface area contributed by atoms with Crippen LogP contribution in [0.3, 0.4) is 0 Å². The maximum absolute atomic E-state index is 12.9. The van der Waals surface area contributed by atoms with E-state index in [1.807, 2.05) is 42.5 Å². The summed E-state index contributed by atoms with van der Waals surface area (Å²) in [6.07, 6.45) is 0.816. The van der Waals surface area contributed by atoms with Crippen LogP contribution in [0.2, 0.25) is 0 Å². The van der Waals surface area contributed by atoms with Crippen LogP contribution in [-0.2, 0) is 29.5 Å². The number of hydrogen-bond donors (Lipinski definition) is 1. The van der Waals surface area contributed by atoms with E-state index in [9.17, 15) is 8.42 Å². The molecule has 8 heteroatoms. The van der Waals surface area contributed by atoms with E-state index in [1.165, 1.54) is 31.9 Å². The molecule has 0 amide bonds. The Bertz CT molecular complexity index is 1320. The standard InChI is InChI=1S/C24H25N3O4S/c1-30-22-13-12-19(16-23(22)31-2)32(28,29)25-17-24-26-20-10-6-7-11-21(20)27(24)15-14-18-8-4-3-5-9-18/h3-13,16,25H,14-15,17H2,1-2H3. The predicted molar refractivity (Wildman–Crippen MR) is 123 cm³/mol. The second-order valence-corrected chi connectivity index (χ2v) is 9.01. The van der Waals surface area contributed by atoms with Crippen molar-refractivity contribution < 1.29 is 17.9 Å². The first-order valence-electron chi connectivity index (χ1n) is 10.2. The maximum atomic E-state index is 12.9. The minimum absolute atomic E-state index is 0.0696. The molecule has 0 saturated carbocycles. The zero-order valence-electron chi connectivity index (χ0n) is 18.0. The molecule has 0 aliphatic carbocycles. The summed E-state index contributed by atoms with van der Waals surface area (Å²) in [6, 6.07) is 22.5. The highest BCUT2D eigenvalue weighted by Crippen LogP contribution is 2.29. The molecule has 32 heavy (non-hydrogen) atoms. The van der Waals surface area contributed by atoms with Gasteiger partial charge in [0.25, 0.3) is 0 Å². The van der Waals surface area contributed by atoms with Crippen LogP contribution in [0.15, 0.2) is 77.7 Å². The largest absolute Gasteiger partial charge is 0.493 e. The van der Waals surface area contributed by atoms with Gasteiger partial charge in [0.1, 0.15) is 5.82 Å². The molecule has 0 radical (unpaired) electrons. The van der Waals surface area contributed by atoms with Crippen LogP contribution >= 0.6 is 0 Å². The minimum atomic E-state index is -3.78. The average molecular weight is 452 g/mol. The summed E-state index contributed by atoms with van der Waals surface area (Å²) >= 11 is 0. The van der Waals surface area contributed by atoms with Crippen LogP contribution < -0.4 is 14.2 Å². The molecule has 0 aliphatic rings. The molecule has 0 bridgehead atoms. The van der Waals surface area contributed by atoms with Gasteiger partial charge in [-0.2, -0.15) is 0 Å². The SMILES string of the molecule is COc1ccc(S(=O)(=O)NCc2nc3ccccc3n2CCc2ccccc2)cc1OC. The highest BCUT2D eigenvalue weighted by Gasteiger charge is 2.19. The van der Waals surface area contributed by atoms with Gasteiger partial charge in [0.2, 0.25) is 10.0 Å². The second-order valence-electron chi connectivity index (χ2n) is 7.25. The number of fused-ring (bicyclic) bond motifs is 1. The number of methoxy groups -OCH3 is 2. The number of aryl methyl sites for hydroxylation is 2. The van der Waals surface area contributed by atoms with Gasteiger partial charge in [-0.25, -0.2) is 18.1 Å². The number of para-hydroxylation sites is 2. The number of rotatable bonds is 9. The number of ether oxygens (including phenoxy) is 2. The topological polar surface area (TPSA) is 82.5 Å². The van der Waals surface area contributed by atoms with Crippen LogP contribution in [0.4, 0.5) is 0 Å². The highest BCUT2D eigenvalue weighted by molar-refractivity contribution is 7.89. The predicted octanol–water partition coefficient (Wildman–Crippen LogP) is 3.77. The van der Waals surface area contributed by atoms with Crippen molar-refractivity contribution in [2.45, 2.75) is 24.4 Å². The summed E-state index contributed by atoms with van der Waals surface area (Å²) in [7, 11) is -0.803. The average Bonchev–Trinajstić information content (AvgIpc) is 3.19. The van der Waals surface area contributed by atoms with E-state index in [2.05, 4.69) is 26.4 Å². The van der Waals surface area contributed by atoms with Crippen molar-refractivity contribution in [1.29, 1.82) is 0 Å². The number of imidazole rings is 1. The lowest BCUT2D eigenvalue weighted by Gasteiger charge is -2.12. The molecular weight excluding hydrogens is 426 g/mol. The Morgan fingerprint density at radius 2 is 1.62 bits per heavy atom. The van der Waals surface area contributed by atoms with E-state index in [0.29, 0.717) is 23.9 Å². The third-order valence-electron chi connectivity index (χ3n) is 5.29. The van der Waals surface area contributed by atoms with Gasteiger partial charge in [-0.3, -0.25) is 0 Å². The first-order chi connectivity index (χ1) is 15.5. The molecule has 4 aromatic rings. The zero-order valence-corrected chi connectivity index (χ0v) is 18.8. The summed E-state index contributed by atoms with van der Waals surface area (Å²) < 4.78 is 41.0.